The Balaban J connectivity index is 1.80. The Morgan fingerprint density at radius 1 is 1.20 bits per heavy atom. The van der Waals surface area contributed by atoms with E-state index in [4.69, 9.17) is 0 Å². The van der Waals surface area contributed by atoms with Gasteiger partial charge in [0.05, 0.1) is 10.4 Å². The van der Waals surface area contributed by atoms with Gasteiger partial charge in [-0.2, -0.15) is 9.78 Å². The number of H-pyrrole nitrogens is 1. The van der Waals surface area contributed by atoms with Crippen LogP contribution >= 0.6 is 11.3 Å². The SMILES string of the molecule is Cc1nc(-n2nc(-c3cccs3)cc2NC(=O)c2ccc(F)cc2F)[nH]c(=O)c1C. The second-order valence-corrected chi connectivity index (χ2v) is 7.43. The second kappa shape index (κ2) is 7.64. The highest BCUT2D eigenvalue weighted by atomic mass is 32.1. The largest absolute Gasteiger partial charge is 0.306 e. The summed E-state index contributed by atoms with van der Waals surface area (Å²) in [5.41, 5.74) is 0.823. The first-order valence-electron chi connectivity index (χ1n) is 8.81. The van der Waals surface area contributed by atoms with Gasteiger partial charge < -0.3 is 5.32 Å². The molecule has 3 aromatic heterocycles. The van der Waals surface area contributed by atoms with Gasteiger partial charge in [0.1, 0.15) is 23.1 Å². The monoisotopic (exact) mass is 427 g/mol. The summed E-state index contributed by atoms with van der Waals surface area (Å²) in [6.45, 7) is 3.33. The number of thiophene rings is 1. The molecule has 0 aliphatic carbocycles. The van der Waals surface area contributed by atoms with Gasteiger partial charge in [-0.1, -0.05) is 6.07 Å². The van der Waals surface area contributed by atoms with Gasteiger partial charge in [-0.05, 0) is 37.4 Å². The average molecular weight is 427 g/mol. The third-order valence-corrected chi connectivity index (χ3v) is 5.38. The zero-order valence-electron chi connectivity index (χ0n) is 15.9. The van der Waals surface area contributed by atoms with Gasteiger partial charge in [0, 0.05) is 23.4 Å². The van der Waals surface area contributed by atoms with Crippen molar-refractivity contribution in [1.82, 2.24) is 19.7 Å². The van der Waals surface area contributed by atoms with Crippen molar-refractivity contribution in [2.24, 2.45) is 0 Å². The average Bonchev–Trinajstić information content (AvgIpc) is 3.35. The molecule has 0 saturated heterocycles. The lowest BCUT2D eigenvalue weighted by molar-refractivity contribution is 0.102. The van der Waals surface area contributed by atoms with E-state index in [1.165, 1.54) is 16.0 Å². The third kappa shape index (κ3) is 3.64. The molecule has 0 aliphatic rings. The molecule has 0 bridgehead atoms. The van der Waals surface area contributed by atoms with Gasteiger partial charge in [-0.25, -0.2) is 13.8 Å². The molecule has 7 nitrogen and oxygen atoms in total. The lowest BCUT2D eigenvalue weighted by Crippen LogP contribution is -2.21. The van der Waals surface area contributed by atoms with Crippen LogP contribution in [0.5, 0.6) is 0 Å². The molecule has 152 valence electrons. The predicted octanol–water partition coefficient (Wildman–Crippen LogP) is 3.83. The maximum atomic E-state index is 14.0. The molecule has 3 heterocycles. The number of aromatic amines is 1. The minimum atomic E-state index is -0.991. The molecule has 4 aromatic rings. The molecule has 0 fully saturated rings. The fraction of sp³-hybridized carbons (Fsp3) is 0.100. The Hall–Kier alpha value is -3.66. The number of halogens is 2. The molecular formula is C20H15F2N5O2S. The number of rotatable bonds is 4. The van der Waals surface area contributed by atoms with Crippen LogP contribution in [0.25, 0.3) is 16.5 Å². The molecule has 0 saturated carbocycles. The number of aryl methyl sites for hydroxylation is 1. The van der Waals surface area contributed by atoms with E-state index >= 15 is 0 Å². The quantitative estimate of drug-likeness (QED) is 0.518. The van der Waals surface area contributed by atoms with E-state index in [1.807, 2.05) is 17.5 Å². The molecule has 0 radical (unpaired) electrons. The summed E-state index contributed by atoms with van der Waals surface area (Å²) in [5, 5.41) is 8.88. The Kier molecular flexibility index (Phi) is 5.00. The number of anilines is 1. The van der Waals surface area contributed by atoms with E-state index in [1.54, 1.807) is 19.9 Å². The number of benzene rings is 1. The first-order valence-corrected chi connectivity index (χ1v) is 9.69. The van der Waals surface area contributed by atoms with Crippen LogP contribution in [-0.4, -0.2) is 25.7 Å². The number of carbonyl (C=O) groups is 1. The van der Waals surface area contributed by atoms with Crippen molar-refractivity contribution < 1.29 is 13.6 Å². The smallest absolute Gasteiger partial charge is 0.259 e. The van der Waals surface area contributed by atoms with Crippen LogP contribution in [0.3, 0.4) is 0 Å². The van der Waals surface area contributed by atoms with Gasteiger partial charge in [0.25, 0.3) is 11.5 Å². The summed E-state index contributed by atoms with van der Waals surface area (Å²) in [6.07, 6.45) is 0. The lowest BCUT2D eigenvalue weighted by Gasteiger charge is -2.09. The maximum absolute atomic E-state index is 14.0. The van der Waals surface area contributed by atoms with Crippen molar-refractivity contribution in [2.45, 2.75) is 13.8 Å². The fourth-order valence-electron chi connectivity index (χ4n) is 2.76. The third-order valence-electron chi connectivity index (χ3n) is 4.48. The van der Waals surface area contributed by atoms with Gasteiger partial charge in [-0.15, -0.1) is 11.3 Å². The number of carbonyl (C=O) groups excluding carboxylic acids is 1. The molecule has 4 rings (SSSR count). The van der Waals surface area contributed by atoms with Crippen LogP contribution in [0.15, 0.2) is 46.6 Å². The van der Waals surface area contributed by atoms with Gasteiger partial charge in [-0.3, -0.25) is 14.6 Å². The van der Waals surface area contributed by atoms with Crippen molar-refractivity contribution in [3.05, 3.63) is 80.6 Å². The standard InChI is InChI=1S/C20H15F2N5O2S/c1-10-11(2)23-20(25-18(10)28)27-17(9-15(26-27)16-4-3-7-30-16)24-19(29)13-6-5-12(21)8-14(13)22/h3-9H,1-2H3,(H,24,29)(H,23,25,28). The maximum Gasteiger partial charge on any atom is 0.259 e. The molecule has 0 atom stereocenters. The summed E-state index contributed by atoms with van der Waals surface area (Å²) in [4.78, 5) is 32.6. The minimum Gasteiger partial charge on any atom is -0.306 e. The van der Waals surface area contributed by atoms with Crippen molar-refractivity contribution >= 4 is 23.1 Å². The van der Waals surface area contributed by atoms with Crippen LogP contribution in [0.1, 0.15) is 21.6 Å². The minimum absolute atomic E-state index is 0.0979. The summed E-state index contributed by atoms with van der Waals surface area (Å²) < 4.78 is 28.5. The van der Waals surface area contributed by atoms with Crippen molar-refractivity contribution in [2.75, 3.05) is 5.32 Å². The first kappa shape index (κ1) is 19.6. The first-order chi connectivity index (χ1) is 14.3. The molecule has 1 aromatic carbocycles. The summed E-state index contributed by atoms with van der Waals surface area (Å²) >= 11 is 1.44. The van der Waals surface area contributed by atoms with Crippen molar-refractivity contribution in [3.63, 3.8) is 0 Å². The zero-order chi connectivity index (χ0) is 21.4. The topological polar surface area (TPSA) is 92.7 Å². The van der Waals surface area contributed by atoms with Crippen molar-refractivity contribution in [3.8, 4) is 16.5 Å². The molecule has 30 heavy (non-hydrogen) atoms. The Morgan fingerprint density at radius 3 is 2.67 bits per heavy atom. The molecule has 0 unspecified atom stereocenters. The number of hydrogen-bond acceptors (Lipinski definition) is 5. The molecule has 2 N–H and O–H groups in total. The summed E-state index contributed by atoms with van der Waals surface area (Å²) in [5.74, 6) is -2.31. The highest BCUT2D eigenvalue weighted by Gasteiger charge is 2.19. The Bertz CT molecular complexity index is 1310. The van der Waals surface area contributed by atoms with E-state index in [-0.39, 0.29) is 22.9 Å². The van der Waals surface area contributed by atoms with E-state index in [2.05, 4.69) is 20.4 Å². The van der Waals surface area contributed by atoms with Crippen LogP contribution in [0.4, 0.5) is 14.6 Å². The zero-order valence-corrected chi connectivity index (χ0v) is 16.7. The predicted molar refractivity (Wildman–Crippen MR) is 109 cm³/mol. The summed E-state index contributed by atoms with van der Waals surface area (Å²) in [7, 11) is 0. The fourth-order valence-corrected chi connectivity index (χ4v) is 3.45. The van der Waals surface area contributed by atoms with Gasteiger partial charge in [0.15, 0.2) is 0 Å². The normalized spacial score (nSPS) is 10.9. The number of nitrogens with zero attached hydrogens (tertiary/aromatic N) is 3. The molecule has 1 amide bonds. The number of hydrogen-bond donors (Lipinski definition) is 2. The van der Waals surface area contributed by atoms with Gasteiger partial charge >= 0.3 is 0 Å². The Morgan fingerprint density at radius 2 is 2.00 bits per heavy atom. The van der Waals surface area contributed by atoms with Crippen molar-refractivity contribution in [1.29, 1.82) is 0 Å². The van der Waals surface area contributed by atoms with E-state index < -0.39 is 17.5 Å². The highest BCUT2D eigenvalue weighted by molar-refractivity contribution is 7.13. The van der Waals surface area contributed by atoms with Crippen LogP contribution < -0.4 is 10.9 Å². The van der Waals surface area contributed by atoms with Gasteiger partial charge in [0.2, 0.25) is 5.95 Å². The molecule has 0 aliphatic heterocycles. The van der Waals surface area contributed by atoms with E-state index in [9.17, 15) is 18.4 Å². The molecular weight excluding hydrogens is 412 g/mol. The highest BCUT2D eigenvalue weighted by Crippen LogP contribution is 2.27. The molecule has 10 heteroatoms. The number of nitrogens with one attached hydrogen (secondary N) is 2. The second-order valence-electron chi connectivity index (χ2n) is 6.48. The molecule has 0 spiro atoms. The lowest BCUT2D eigenvalue weighted by atomic mass is 10.2. The number of aromatic nitrogens is 4. The Labute approximate surface area is 173 Å². The van der Waals surface area contributed by atoms with E-state index in [0.717, 1.165) is 17.0 Å². The van der Waals surface area contributed by atoms with Crippen LogP contribution in [0, 0.1) is 25.5 Å². The van der Waals surface area contributed by atoms with Crippen LogP contribution in [-0.2, 0) is 0 Å². The van der Waals surface area contributed by atoms with Crippen LogP contribution in [0.2, 0.25) is 0 Å². The number of amides is 1. The van der Waals surface area contributed by atoms with E-state index in [0.29, 0.717) is 23.0 Å². The summed E-state index contributed by atoms with van der Waals surface area (Å²) in [6, 6.07) is 7.96.